The Bertz CT molecular complexity index is 600. The largest absolute Gasteiger partial charge is 0.471 e. The first-order chi connectivity index (χ1) is 9.34. The highest BCUT2D eigenvalue weighted by Gasteiger charge is 2.55. The first-order valence-electron chi connectivity index (χ1n) is 6.12. The molecule has 0 saturated carbocycles. The average molecular weight is 284 g/mol. The Hall–Kier alpha value is -2.05. The van der Waals surface area contributed by atoms with E-state index in [1.165, 1.54) is 0 Å². The number of amides is 2. The van der Waals surface area contributed by atoms with Crippen LogP contribution in [0, 0.1) is 0 Å². The molecule has 1 aromatic rings. The zero-order valence-corrected chi connectivity index (χ0v) is 10.3. The Morgan fingerprint density at radius 2 is 2.00 bits per heavy atom. The zero-order valence-electron chi connectivity index (χ0n) is 10.3. The Balaban J connectivity index is 1.93. The van der Waals surface area contributed by atoms with Gasteiger partial charge in [-0.15, -0.1) is 0 Å². The summed E-state index contributed by atoms with van der Waals surface area (Å²) in [6.45, 7) is -0.297. The van der Waals surface area contributed by atoms with Crippen molar-refractivity contribution in [3.63, 3.8) is 0 Å². The molecule has 0 radical (unpaired) electrons. The molecule has 20 heavy (non-hydrogen) atoms. The van der Waals surface area contributed by atoms with E-state index < -0.39 is 17.5 Å². The molecule has 0 aliphatic carbocycles. The van der Waals surface area contributed by atoms with E-state index in [1.807, 2.05) is 0 Å². The predicted molar refractivity (Wildman–Crippen MR) is 64.0 cm³/mol. The molecule has 1 aromatic carbocycles. The molecule has 106 valence electrons. The van der Waals surface area contributed by atoms with Gasteiger partial charge in [0.15, 0.2) is 0 Å². The SMILES string of the molecule is O=C(N1CC[C@]2(C1)C(=O)Nc1ccccc12)C(F)(F)F. The molecule has 1 spiro atoms. The third-order valence-electron chi connectivity index (χ3n) is 3.92. The summed E-state index contributed by atoms with van der Waals surface area (Å²) in [7, 11) is 0. The van der Waals surface area contributed by atoms with Crippen LogP contribution >= 0.6 is 0 Å². The minimum Gasteiger partial charge on any atom is -0.333 e. The summed E-state index contributed by atoms with van der Waals surface area (Å²) in [6, 6.07) is 6.89. The third kappa shape index (κ3) is 1.69. The average Bonchev–Trinajstić information content (AvgIpc) is 2.93. The number of nitrogens with zero attached hydrogens (tertiary/aromatic N) is 1. The second-order valence-electron chi connectivity index (χ2n) is 5.06. The summed E-state index contributed by atoms with van der Waals surface area (Å²) in [6.07, 6.45) is -4.70. The van der Waals surface area contributed by atoms with Gasteiger partial charge >= 0.3 is 12.1 Å². The molecule has 1 saturated heterocycles. The quantitative estimate of drug-likeness (QED) is 0.788. The lowest BCUT2D eigenvalue weighted by atomic mass is 9.81. The lowest BCUT2D eigenvalue weighted by Crippen LogP contribution is -2.43. The van der Waals surface area contributed by atoms with Crippen LogP contribution in [-0.2, 0) is 15.0 Å². The maximum Gasteiger partial charge on any atom is 0.471 e. The van der Waals surface area contributed by atoms with Gasteiger partial charge in [0.05, 0.1) is 5.41 Å². The molecule has 0 bridgehead atoms. The van der Waals surface area contributed by atoms with Crippen LogP contribution < -0.4 is 5.32 Å². The summed E-state index contributed by atoms with van der Waals surface area (Å²) in [5, 5.41) is 2.67. The van der Waals surface area contributed by atoms with Gasteiger partial charge in [0.2, 0.25) is 5.91 Å². The highest BCUT2D eigenvalue weighted by molar-refractivity contribution is 6.07. The van der Waals surface area contributed by atoms with Crippen LogP contribution in [-0.4, -0.2) is 36.0 Å². The van der Waals surface area contributed by atoms with Crippen molar-refractivity contribution in [2.45, 2.75) is 18.0 Å². The van der Waals surface area contributed by atoms with E-state index >= 15 is 0 Å². The Labute approximate surface area is 112 Å². The van der Waals surface area contributed by atoms with Crippen LogP contribution in [0.2, 0.25) is 0 Å². The fourth-order valence-corrected chi connectivity index (χ4v) is 2.94. The molecule has 2 aliphatic heterocycles. The van der Waals surface area contributed by atoms with Crippen molar-refractivity contribution in [1.82, 2.24) is 4.90 Å². The molecule has 3 rings (SSSR count). The molecule has 2 aliphatic rings. The molecule has 4 nitrogen and oxygen atoms in total. The van der Waals surface area contributed by atoms with Crippen LogP contribution in [0.3, 0.4) is 0 Å². The number of carbonyl (C=O) groups is 2. The van der Waals surface area contributed by atoms with Crippen molar-refractivity contribution in [2.75, 3.05) is 18.4 Å². The number of nitrogens with one attached hydrogen (secondary N) is 1. The first-order valence-corrected chi connectivity index (χ1v) is 6.12. The maximum atomic E-state index is 12.5. The molecule has 2 amide bonds. The second-order valence-corrected chi connectivity index (χ2v) is 5.06. The standard InChI is InChI=1S/C13H11F3N2O2/c14-13(15,16)11(20)18-6-5-12(7-18)8-3-1-2-4-9(8)17-10(12)19/h1-4H,5-7H2,(H,17,19)/t12-/m1/s1. The summed E-state index contributed by atoms with van der Waals surface area (Å²) >= 11 is 0. The van der Waals surface area contributed by atoms with E-state index in [-0.39, 0.29) is 25.4 Å². The topological polar surface area (TPSA) is 49.4 Å². The van der Waals surface area contributed by atoms with Gasteiger partial charge in [-0.3, -0.25) is 9.59 Å². The number of alkyl halides is 3. The number of likely N-dealkylation sites (tertiary alicyclic amines) is 1. The number of fused-ring (bicyclic) bond motifs is 2. The highest BCUT2D eigenvalue weighted by atomic mass is 19.4. The van der Waals surface area contributed by atoms with Crippen LogP contribution in [0.5, 0.6) is 0 Å². The number of benzene rings is 1. The minimum absolute atomic E-state index is 0.0693. The van der Waals surface area contributed by atoms with E-state index in [1.54, 1.807) is 24.3 Å². The molecule has 1 atom stereocenters. The normalized spacial score (nSPS) is 24.9. The number of para-hydroxylation sites is 1. The van der Waals surface area contributed by atoms with Crippen molar-refractivity contribution in [3.05, 3.63) is 29.8 Å². The van der Waals surface area contributed by atoms with Gasteiger partial charge in [0.25, 0.3) is 0 Å². The smallest absolute Gasteiger partial charge is 0.333 e. The molecule has 1 fully saturated rings. The molecule has 0 unspecified atom stereocenters. The van der Waals surface area contributed by atoms with Gasteiger partial charge in [0.1, 0.15) is 0 Å². The van der Waals surface area contributed by atoms with Gasteiger partial charge in [-0.1, -0.05) is 18.2 Å². The minimum atomic E-state index is -4.90. The van der Waals surface area contributed by atoms with Crippen molar-refractivity contribution < 1.29 is 22.8 Å². The summed E-state index contributed by atoms with van der Waals surface area (Å²) in [5.41, 5.74) is 0.235. The predicted octanol–water partition coefficient (Wildman–Crippen LogP) is 1.67. The zero-order chi connectivity index (χ0) is 14.5. The van der Waals surface area contributed by atoms with Crippen molar-refractivity contribution in [3.8, 4) is 0 Å². The maximum absolute atomic E-state index is 12.5. The monoisotopic (exact) mass is 284 g/mol. The van der Waals surface area contributed by atoms with Gasteiger partial charge in [-0.25, -0.2) is 0 Å². The summed E-state index contributed by atoms with van der Waals surface area (Å²) < 4.78 is 37.4. The van der Waals surface area contributed by atoms with E-state index in [9.17, 15) is 22.8 Å². The Morgan fingerprint density at radius 1 is 1.30 bits per heavy atom. The van der Waals surface area contributed by atoms with Crippen LogP contribution in [0.4, 0.5) is 18.9 Å². The number of carbonyl (C=O) groups excluding carboxylic acids is 2. The van der Waals surface area contributed by atoms with Gasteiger partial charge < -0.3 is 10.2 Å². The van der Waals surface area contributed by atoms with Crippen molar-refractivity contribution in [2.24, 2.45) is 0 Å². The van der Waals surface area contributed by atoms with Crippen LogP contribution in [0.25, 0.3) is 0 Å². The lowest BCUT2D eigenvalue weighted by molar-refractivity contribution is -0.184. The van der Waals surface area contributed by atoms with E-state index in [0.717, 1.165) is 0 Å². The fourth-order valence-electron chi connectivity index (χ4n) is 2.94. The number of rotatable bonds is 0. The van der Waals surface area contributed by atoms with Crippen molar-refractivity contribution in [1.29, 1.82) is 0 Å². The first kappa shape index (κ1) is 13.0. The molecule has 1 N–H and O–H groups in total. The third-order valence-corrected chi connectivity index (χ3v) is 3.92. The molecule has 2 heterocycles. The molecule has 7 heteroatoms. The molecular weight excluding hydrogens is 273 g/mol. The number of halogens is 3. The molecular formula is C13H11F3N2O2. The van der Waals surface area contributed by atoms with Crippen LogP contribution in [0.1, 0.15) is 12.0 Å². The Morgan fingerprint density at radius 3 is 2.70 bits per heavy atom. The highest BCUT2D eigenvalue weighted by Crippen LogP contribution is 2.44. The summed E-state index contributed by atoms with van der Waals surface area (Å²) in [4.78, 5) is 24.1. The van der Waals surface area contributed by atoms with E-state index in [2.05, 4.69) is 5.32 Å². The summed E-state index contributed by atoms with van der Waals surface area (Å²) in [5.74, 6) is -2.22. The fraction of sp³-hybridized carbons (Fsp3) is 0.385. The van der Waals surface area contributed by atoms with Crippen molar-refractivity contribution >= 4 is 17.5 Å². The number of hydrogen-bond acceptors (Lipinski definition) is 2. The molecule has 0 aromatic heterocycles. The van der Waals surface area contributed by atoms with Gasteiger partial charge in [-0.2, -0.15) is 13.2 Å². The van der Waals surface area contributed by atoms with Gasteiger partial charge in [0, 0.05) is 18.8 Å². The van der Waals surface area contributed by atoms with E-state index in [4.69, 9.17) is 0 Å². The number of hydrogen-bond donors (Lipinski definition) is 1. The number of anilines is 1. The van der Waals surface area contributed by atoms with E-state index in [0.29, 0.717) is 16.2 Å². The lowest BCUT2D eigenvalue weighted by Gasteiger charge is -2.23. The van der Waals surface area contributed by atoms with Gasteiger partial charge in [-0.05, 0) is 18.1 Å². The van der Waals surface area contributed by atoms with Crippen LogP contribution in [0.15, 0.2) is 24.3 Å². The second kappa shape index (κ2) is 3.97. The Kier molecular flexibility index (Phi) is 2.57.